The molecule has 26 heavy (non-hydrogen) atoms. The summed E-state index contributed by atoms with van der Waals surface area (Å²) in [5, 5.41) is 0.867. The van der Waals surface area contributed by atoms with Crippen LogP contribution in [0, 0.1) is 5.92 Å². The van der Waals surface area contributed by atoms with Crippen LogP contribution in [0.25, 0.3) is 0 Å². The molecule has 2 aromatic rings. The Labute approximate surface area is 170 Å². The molecule has 0 spiro atoms. The number of ether oxygens (including phenoxy) is 1. The van der Waals surface area contributed by atoms with Crippen molar-refractivity contribution in [1.82, 2.24) is 4.90 Å². The van der Waals surface area contributed by atoms with Gasteiger partial charge in [-0.3, -0.25) is 0 Å². The van der Waals surface area contributed by atoms with Gasteiger partial charge in [0.2, 0.25) is 0 Å². The van der Waals surface area contributed by atoms with Crippen LogP contribution in [-0.4, -0.2) is 46.5 Å². The maximum absolute atomic E-state index is 12.7. The van der Waals surface area contributed by atoms with Gasteiger partial charge in [-0.2, -0.15) is 0 Å². The third-order valence-electron chi connectivity index (χ3n) is 4.70. The minimum absolute atomic E-state index is 0.0298. The maximum atomic E-state index is 12.7. The van der Waals surface area contributed by atoms with Crippen molar-refractivity contribution in [3.8, 4) is 0 Å². The Hall–Kier alpha value is -1.13. The summed E-state index contributed by atoms with van der Waals surface area (Å²) in [5.41, 5.74) is 0.603. The molecule has 2 unspecified atom stereocenters. The van der Waals surface area contributed by atoms with Crippen molar-refractivity contribution in [3.63, 3.8) is 0 Å². The van der Waals surface area contributed by atoms with Crippen molar-refractivity contribution in [3.05, 3.63) is 64.6 Å². The van der Waals surface area contributed by atoms with Gasteiger partial charge in [0, 0.05) is 0 Å². The second kappa shape index (κ2) is 8.71. The molecular weight excluding hydrogens is 457 g/mol. The number of hydrogen-bond acceptors (Lipinski definition) is 3. The molecular formula is C21H24BrNO2Se. The van der Waals surface area contributed by atoms with Crippen LogP contribution in [0.3, 0.4) is 0 Å². The zero-order chi connectivity index (χ0) is 18.6. The van der Waals surface area contributed by atoms with E-state index in [0.29, 0.717) is 0 Å². The Kier molecular flexibility index (Phi) is 6.57. The van der Waals surface area contributed by atoms with Crippen LogP contribution >= 0.6 is 15.9 Å². The molecule has 3 nitrogen and oxygen atoms in total. The molecule has 1 heterocycles. The first-order chi connectivity index (χ1) is 12.5. The standard InChI is InChI=1S/C21H24BrNO2Se/c1-23(2)14-16-12-13-21(25-20(16)24,17-8-10-18(22)11-9-17)15-26-19-6-4-3-5-7-19/h3-11,16H,12-15H2,1-2H3. The summed E-state index contributed by atoms with van der Waals surface area (Å²) in [5.74, 6) is -0.0884. The van der Waals surface area contributed by atoms with Gasteiger partial charge in [0.05, 0.1) is 0 Å². The van der Waals surface area contributed by atoms with E-state index in [1.165, 1.54) is 4.46 Å². The zero-order valence-corrected chi connectivity index (χ0v) is 18.5. The van der Waals surface area contributed by atoms with E-state index in [1.54, 1.807) is 0 Å². The van der Waals surface area contributed by atoms with Gasteiger partial charge < -0.3 is 0 Å². The molecule has 2 atom stereocenters. The first kappa shape index (κ1) is 19.6. The molecule has 2 aromatic carbocycles. The van der Waals surface area contributed by atoms with E-state index in [4.69, 9.17) is 4.74 Å². The molecule has 1 aliphatic heterocycles. The Morgan fingerprint density at radius 3 is 2.46 bits per heavy atom. The van der Waals surface area contributed by atoms with Gasteiger partial charge in [-0.15, -0.1) is 0 Å². The predicted octanol–water partition coefficient (Wildman–Crippen LogP) is 3.61. The van der Waals surface area contributed by atoms with Crippen molar-refractivity contribution in [2.24, 2.45) is 5.92 Å². The summed E-state index contributed by atoms with van der Waals surface area (Å²) < 4.78 is 8.55. The molecule has 0 aliphatic carbocycles. The van der Waals surface area contributed by atoms with Crippen molar-refractivity contribution in [2.75, 3.05) is 20.6 Å². The third-order valence-corrected chi connectivity index (χ3v) is 7.78. The fraction of sp³-hybridized carbons (Fsp3) is 0.381. The van der Waals surface area contributed by atoms with Gasteiger partial charge in [-0.1, -0.05) is 0 Å². The van der Waals surface area contributed by atoms with Gasteiger partial charge in [0.25, 0.3) is 0 Å². The van der Waals surface area contributed by atoms with Gasteiger partial charge in [0.1, 0.15) is 0 Å². The second-order valence-electron chi connectivity index (χ2n) is 7.02. The minimum atomic E-state index is -0.504. The molecule has 3 rings (SSSR count). The van der Waals surface area contributed by atoms with Crippen LogP contribution in [0.4, 0.5) is 0 Å². The fourth-order valence-corrected chi connectivity index (χ4v) is 5.93. The number of cyclic esters (lactones) is 1. The predicted molar refractivity (Wildman–Crippen MR) is 110 cm³/mol. The first-order valence-electron chi connectivity index (χ1n) is 8.80. The molecule has 138 valence electrons. The molecule has 1 aliphatic rings. The third kappa shape index (κ3) is 4.77. The quantitative estimate of drug-likeness (QED) is 0.467. The van der Waals surface area contributed by atoms with Gasteiger partial charge >= 0.3 is 171 Å². The van der Waals surface area contributed by atoms with E-state index in [-0.39, 0.29) is 26.8 Å². The van der Waals surface area contributed by atoms with Gasteiger partial charge in [0.15, 0.2) is 0 Å². The molecule has 0 radical (unpaired) electrons. The molecule has 0 amide bonds. The van der Waals surface area contributed by atoms with E-state index in [0.717, 1.165) is 34.7 Å². The Bertz CT molecular complexity index is 735. The summed E-state index contributed by atoms with van der Waals surface area (Å²) in [6, 6.07) is 18.8. The van der Waals surface area contributed by atoms with Gasteiger partial charge in [-0.25, -0.2) is 0 Å². The van der Waals surface area contributed by atoms with E-state index >= 15 is 0 Å². The number of hydrogen-bond donors (Lipinski definition) is 0. The molecule has 5 heteroatoms. The van der Waals surface area contributed by atoms with Crippen molar-refractivity contribution >= 4 is 41.3 Å². The molecule has 0 aromatic heterocycles. The van der Waals surface area contributed by atoms with E-state index < -0.39 is 5.60 Å². The van der Waals surface area contributed by atoms with Crippen LogP contribution in [0.15, 0.2) is 59.1 Å². The van der Waals surface area contributed by atoms with Crippen molar-refractivity contribution < 1.29 is 9.53 Å². The van der Waals surface area contributed by atoms with Crippen LogP contribution in [0.5, 0.6) is 0 Å². The van der Waals surface area contributed by atoms with Crippen LogP contribution in [0.1, 0.15) is 18.4 Å². The summed E-state index contributed by atoms with van der Waals surface area (Å²) in [6.45, 7) is 0.749. The topological polar surface area (TPSA) is 29.5 Å². The molecule has 0 saturated carbocycles. The fourth-order valence-electron chi connectivity index (χ4n) is 3.32. The molecule has 0 bridgehead atoms. The SMILES string of the molecule is CN(C)CC1CCC(C[Se]c2ccccc2)(c2ccc(Br)cc2)OC1=O. The van der Waals surface area contributed by atoms with Crippen LogP contribution in [-0.2, 0) is 15.1 Å². The Morgan fingerprint density at radius 2 is 1.85 bits per heavy atom. The molecule has 1 saturated heterocycles. The number of rotatable bonds is 6. The Balaban J connectivity index is 1.83. The number of halogens is 1. The monoisotopic (exact) mass is 481 g/mol. The average molecular weight is 481 g/mol. The Morgan fingerprint density at radius 1 is 1.15 bits per heavy atom. The number of nitrogens with zero attached hydrogens (tertiary/aromatic N) is 1. The van der Waals surface area contributed by atoms with Crippen LogP contribution in [0.2, 0.25) is 5.32 Å². The van der Waals surface area contributed by atoms with Crippen molar-refractivity contribution in [2.45, 2.75) is 23.8 Å². The number of esters is 1. The number of carbonyl (C=O) groups is 1. The van der Waals surface area contributed by atoms with E-state index in [2.05, 4.69) is 57.2 Å². The first-order valence-corrected chi connectivity index (χ1v) is 11.7. The molecule has 0 N–H and O–H groups in total. The summed E-state index contributed by atoms with van der Waals surface area (Å²) >= 11 is 3.75. The number of carbonyl (C=O) groups excluding carboxylic acids is 1. The zero-order valence-electron chi connectivity index (χ0n) is 15.2. The van der Waals surface area contributed by atoms with Gasteiger partial charge in [-0.05, 0) is 0 Å². The van der Waals surface area contributed by atoms with E-state index in [1.807, 2.05) is 32.3 Å². The second-order valence-corrected chi connectivity index (χ2v) is 10.1. The van der Waals surface area contributed by atoms with Crippen molar-refractivity contribution in [1.29, 1.82) is 0 Å². The summed E-state index contributed by atoms with van der Waals surface area (Å²) in [6.07, 6.45) is 1.76. The summed E-state index contributed by atoms with van der Waals surface area (Å²) in [4.78, 5) is 14.8. The molecule has 1 fully saturated rings. The normalized spacial score (nSPS) is 23.1. The van der Waals surface area contributed by atoms with Crippen LogP contribution < -0.4 is 4.46 Å². The number of benzene rings is 2. The summed E-state index contributed by atoms with van der Waals surface area (Å²) in [7, 11) is 4.00. The van der Waals surface area contributed by atoms with E-state index in [9.17, 15) is 4.79 Å². The average Bonchev–Trinajstić information content (AvgIpc) is 2.63.